The van der Waals surface area contributed by atoms with E-state index in [0.29, 0.717) is 18.8 Å². The fraction of sp³-hybridized carbons (Fsp3) is 0.625. The maximum Gasteiger partial charge on any atom is 0.230 e. The summed E-state index contributed by atoms with van der Waals surface area (Å²) in [5, 5.41) is 13.3. The molecule has 2 N–H and O–H groups in total. The lowest BCUT2D eigenvalue weighted by atomic mass is 9.71. The molecule has 1 aromatic heterocycles. The Labute approximate surface area is 130 Å². The monoisotopic (exact) mass is 305 g/mol. The predicted octanol–water partition coefficient (Wildman–Crippen LogP) is 0.553. The molecule has 2 atom stereocenters. The molecule has 3 rings (SSSR count). The van der Waals surface area contributed by atoms with Crippen molar-refractivity contribution in [3.63, 3.8) is 0 Å². The van der Waals surface area contributed by atoms with Crippen LogP contribution in [0.3, 0.4) is 0 Å². The van der Waals surface area contributed by atoms with Gasteiger partial charge in [-0.05, 0) is 24.8 Å². The molecule has 0 saturated carbocycles. The van der Waals surface area contributed by atoms with Crippen LogP contribution in [0, 0.1) is 5.41 Å². The number of likely N-dealkylation sites (tertiary alicyclic amines) is 1. The van der Waals surface area contributed by atoms with Crippen LogP contribution in [0.5, 0.6) is 5.88 Å². The number of piperidine rings is 2. The molecule has 22 heavy (non-hydrogen) atoms. The molecule has 120 valence electrons. The molecular formula is C16H23N3O3. The minimum Gasteiger partial charge on any atom is -0.481 e. The van der Waals surface area contributed by atoms with E-state index in [1.54, 1.807) is 13.3 Å². The number of amides is 1. The second-order valence-electron chi connectivity index (χ2n) is 6.24. The fourth-order valence-corrected chi connectivity index (χ4v) is 3.55. The van der Waals surface area contributed by atoms with Gasteiger partial charge in [0.2, 0.25) is 11.8 Å². The first kappa shape index (κ1) is 15.2. The number of pyridine rings is 1. The fourth-order valence-electron chi connectivity index (χ4n) is 3.55. The smallest absolute Gasteiger partial charge is 0.230 e. The topological polar surface area (TPSA) is 74.7 Å². The molecule has 0 bridgehead atoms. The molecule has 2 aliphatic rings. The molecule has 0 radical (unpaired) electrons. The number of rotatable bonds is 3. The third kappa shape index (κ3) is 2.80. The van der Waals surface area contributed by atoms with Gasteiger partial charge < -0.3 is 15.2 Å². The van der Waals surface area contributed by atoms with E-state index < -0.39 is 11.5 Å². The van der Waals surface area contributed by atoms with Gasteiger partial charge in [0.15, 0.2) is 0 Å². The number of methoxy groups -OCH3 is 1. The van der Waals surface area contributed by atoms with E-state index >= 15 is 0 Å². The highest BCUT2D eigenvalue weighted by Gasteiger charge is 2.49. The quantitative estimate of drug-likeness (QED) is 0.853. The first-order valence-corrected chi connectivity index (χ1v) is 7.82. The lowest BCUT2D eigenvalue weighted by molar-refractivity contribution is -0.149. The van der Waals surface area contributed by atoms with Crippen molar-refractivity contribution in [1.82, 2.24) is 15.2 Å². The summed E-state index contributed by atoms with van der Waals surface area (Å²) >= 11 is 0. The van der Waals surface area contributed by atoms with Gasteiger partial charge in [-0.2, -0.15) is 0 Å². The van der Waals surface area contributed by atoms with E-state index in [-0.39, 0.29) is 5.91 Å². The Hall–Kier alpha value is -1.66. The van der Waals surface area contributed by atoms with Crippen LogP contribution in [0.15, 0.2) is 18.3 Å². The first-order chi connectivity index (χ1) is 10.6. The third-order valence-electron chi connectivity index (χ3n) is 4.81. The summed E-state index contributed by atoms with van der Waals surface area (Å²) in [5.74, 6) is 0.602. The number of hydrogen-bond acceptors (Lipinski definition) is 5. The maximum absolute atomic E-state index is 12.3. The molecule has 0 aromatic carbocycles. The summed E-state index contributed by atoms with van der Waals surface area (Å²) < 4.78 is 5.07. The van der Waals surface area contributed by atoms with Gasteiger partial charge in [0.1, 0.15) is 0 Å². The van der Waals surface area contributed by atoms with Crippen LogP contribution >= 0.6 is 0 Å². The summed E-state index contributed by atoms with van der Waals surface area (Å²) in [6.07, 6.45) is 3.59. The lowest BCUT2D eigenvalue weighted by Gasteiger charge is -2.47. The Kier molecular flexibility index (Phi) is 4.31. The maximum atomic E-state index is 12.3. The second kappa shape index (κ2) is 6.22. The van der Waals surface area contributed by atoms with Gasteiger partial charge in [-0.3, -0.25) is 9.69 Å². The van der Waals surface area contributed by atoms with Crippen molar-refractivity contribution in [3.8, 4) is 5.88 Å². The zero-order valence-electron chi connectivity index (χ0n) is 12.9. The first-order valence-electron chi connectivity index (χ1n) is 7.82. The van der Waals surface area contributed by atoms with E-state index in [2.05, 4.69) is 15.2 Å². The largest absolute Gasteiger partial charge is 0.481 e. The molecular weight excluding hydrogens is 282 g/mol. The van der Waals surface area contributed by atoms with Crippen molar-refractivity contribution in [2.45, 2.75) is 31.9 Å². The van der Waals surface area contributed by atoms with Gasteiger partial charge >= 0.3 is 0 Å². The van der Waals surface area contributed by atoms with E-state index in [4.69, 9.17) is 4.74 Å². The number of nitrogens with one attached hydrogen (secondary N) is 1. The zero-order valence-corrected chi connectivity index (χ0v) is 12.9. The number of aliphatic hydroxyl groups is 1. The Bertz CT molecular complexity index is 534. The van der Waals surface area contributed by atoms with Gasteiger partial charge in [-0.15, -0.1) is 0 Å². The van der Waals surface area contributed by atoms with Crippen LogP contribution in [0.2, 0.25) is 0 Å². The second-order valence-corrected chi connectivity index (χ2v) is 6.24. The van der Waals surface area contributed by atoms with Crippen LogP contribution in [-0.4, -0.2) is 53.7 Å². The molecule has 2 saturated heterocycles. The van der Waals surface area contributed by atoms with Crippen LogP contribution in [0.1, 0.15) is 24.8 Å². The molecule has 1 aromatic rings. The number of carbonyl (C=O) groups excluding carboxylic acids is 1. The Morgan fingerprint density at radius 1 is 1.55 bits per heavy atom. The van der Waals surface area contributed by atoms with Crippen molar-refractivity contribution < 1.29 is 14.6 Å². The van der Waals surface area contributed by atoms with Crippen molar-refractivity contribution >= 4 is 5.91 Å². The Morgan fingerprint density at radius 2 is 2.41 bits per heavy atom. The van der Waals surface area contributed by atoms with Gasteiger partial charge in [0, 0.05) is 38.4 Å². The molecule has 6 heteroatoms. The number of nitrogens with zero attached hydrogens (tertiary/aromatic N) is 2. The molecule has 0 aliphatic carbocycles. The highest BCUT2D eigenvalue weighted by atomic mass is 16.5. The van der Waals surface area contributed by atoms with E-state index in [1.165, 1.54) is 0 Å². The molecule has 1 spiro atoms. The Balaban J connectivity index is 1.71. The zero-order chi connectivity index (χ0) is 15.6. The number of aliphatic hydroxyl groups excluding tert-OH is 1. The van der Waals surface area contributed by atoms with Gasteiger partial charge in [-0.25, -0.2) is 4.98 Å². The van der Waals surface area contributed by atoms with E-state index in [1.807, 2.05) is 12.1 Å². The van der Waals surface area contributed by atoms with Crippen molar-refractivity contribution in [3.05, 3.63) is 23.9 Å². The van der Waals surface area contributed by atoms with Gasteiger partial charge in [-0.1, -0.05) is 6.07 Å². The molecule has 0 unspecified atom stereocenters. The number of ether oxygens (including phenoxy) is 1. The number of hydrogen-bond donors (Lipinski definition) is 2. The summed E-state index contributed by atoms with van der Waals surface area (Å²) in [6, 6.07) is 3.84. The average Bonchev–Trinajstić information content (AvgIpc) is 2.54. The summed E-state index contributed by atoms with van der Waals surface area (Å²) in [6.45, 7) is 2.85. The number of carbonyl (C=O) groups is 1. The summed E-state index contributed by atoms with van der Waals surface area (Å²) in [4.78, 5) is 18.8. The summed E-state index contributed by atoms with van der Waals surface area (Å²) in [5.41, 5.74) is 0.444. The SMILES string of the molecule is COc1ccc(CN2CC[C@H](O)[C@@]3(CCCNC3=O)C2)cn1. The minimum atomic E-state index is -0.642. The molecule has 2 aliphatic heterocycles. The highest BCUT2D eigenvalue weighted by molar-refractivity contribution is 5.84. The van der Waals surface area contributed by atoms with Crippen molar-refractivity contribution in [2.24, 2.45) is 5.41 Å². The van der Waals surface area contributed by atoms with Crippen molar-refractivity contribution in [2.75, 3.05) is 26.7 Å². The third-order valence-corrected chi connectivity index (χ3v) is 4.81. The van der Waals surface area contributed by atoms with Crippen LogP contribution in [0.25, 0.3) is 0 Å². The van der Waals surface area contributed by atoms with Crippen molar-refractivity contribution in [1.29, 1.82) is 0 Å². The summed E-state index contributed by atoms with van der Waals surface area (Å²) in [7, 11) is 1.60. The van der Waals surface area contributed by atoms with Gasteiger partial charge in [0.05, 0.1) is 18.6 Å². The minimum absolute atomic E-state index is 0.00352. The molecule has 1 amide bonds. The normalized spacial score (nSPS) is 29.4. The molecule has 2 fully saturated rings. The predicted molar refractivity (Wildman–Crippen MR) is 81.4 cm³/mol. The highest BCUT2D eigenvalue weighted by Crippen LogP contribution is 2.37. The lowest BCUT2D eigenvalue weighted by Crippen LogP contribution is -2.61. The van der Waals surface area contributed by atoms with E-state index in [0.717, 1.165) is 38.0 Å². The standard InChI is InChI=1S/C16H23N3O3/c1-22-14-4-3-12(9-18-14)10-19-8-5-13(20)16(11-19)6-2-7-17-15(16)21/h3-4,9,13,20H,2,5-8,10-11H2,1H3,(H,17,21)/t13-,16+/m0/s1. The van der Waals surface area contributed by atoms with E-state index in [9.17, 15) is 9.90 Å². The molecule has 6 nitrogen and oxygen atoms in total. The number of aromatic nitrogens is 1. The van der Waals surface area contributed by atoms with Crippen LogP contribution < -0.4 is 10.1 Å². The molecule has 3 heterocycles. The van der Waals surface area contributed by atoms with Gasteiger partial charge in [0.25, 0.3) is 0 Å². The van der Waals surface area contributed by atoms with Crippen LogP contribution in [-0.2, 0) is 11.3 Å². The van der Waals surface area contributed by atoms with Crippen LogP contribution in [0.4, 0.5) is 0 Å². The average molecular weight is 305 g/mol. The Morgan fingerprint density at radius 3 is 3.09 bits per heavy atom.